The van der Waals surface area contributed by atoms with E-state index in [2.05, 4.69) is 15.6 Å². The maximum Gasteiger partial charge on any atom is 0.191 e. The van der Waals surface area contributed by atoms with Crippen LogP contribution in [0.15, 0.2) is 29.3 Å². The number of hydrogen-bond acceptors (Lipinski definition) is 4. The van der Waals surface area contributed by atoms with E-state index >= 15 is 0 Å². The van der Waals surface area contributed by atoms with Crippen molar-refractivity contribution in [1.29, 1.82) is 0 Å². The highest BCUT2D eigenvalue weighted by Gasteiger charge is 1.99. The van der Waals surface area contributed by atoms with E-state index in [1.807, 2.05) is 31.2 Å². The van der Waals surface area contributed by atoms with Crippen LogP contribution in [0.5, 0.6) is 5.75 Å². The number of halogens is 1. The fourth-order valence-corrected chi connectivity index (χ4v) is 1.87. The maximum absolute atomic E-state index is 5.33. The number of nitrogens with one attached hydrogen (secondary N) is 2. The lowest BCUT2D eigenvalue weighted by Crippen LogP contribution is -2.39. The van der Waals surface area contributed by atoms with Crippen molar-refractivity contribution in [3.05, 3.63) is 29.8 Å². The molecule has 0 unspecified atom stereocenters. The summed E-state index contributed by atoms with van der Waals surface area (Å²) in [5.41, 5.74) is 1.13. The zero-order chi connectivity index (χ0) is 16.8. The summed E-state index contributed by atoms with van der Waals surface area (Å²) in [6.07, 6.45) is 0.946. The summed E-state index contributed by atoms with van der Waals surface area (Å²) >= 11 is 0. The quantitative estimate of drug-likeness (QED) is 0.234. The summed E-state index contributed by atoms with van der Waals surface area (Å²) in [5, 5.41) is 6.56. The van der Waals surface area contributed by atoms with Crippen LogP contribution in [-0.2, 0) is 16.0 Å². The molecule has 24 heavy (non-hydrogen) atoms. The average molecular weight is 451 g/mol. The van der Waals surface area contributed by atoms with E-state index in [-0.39, 0.29) is 24.0 Å². The second kappa shape index (κ2) is 15.5. The monoisotopic (exact) mass is 451 g/mol. The van der Waals surface area contributed by atoms with E-state index in [1.54, 1.807) is 14.2 Å². The van der Waals surface area contributed by atoms with Crippen LogP contribution in [-0.4, -0.2) is 53.1 Å². The van der Waals surface area contributed by atoms with Gasteiger partial charge in [-0.05, 0) is 31.0 Å². The Morgan fingerprint density at radius 3 is 2.38 bits per heavy atom. The largest absolute Gasteiger partial charge is 0.497 e. The third-order valence-corrected chi connectivity index (χ3v) is 3.14. The molecule has 0 saturated carbocycles. The molecule has 0 heterocycles. The van der Waals surface area contributed by atoms with Crippen LogP contribution in [0.25, 0.3) is 0 Å². The highest BCUT2D eigenvalue weighted by Crippen LogP contribution is 2.11. The van der Waals surface area contributed by atoms with Crippen molar-refractivity contribution in [2.45, 2.75) is 19.9 Å². The lowest BCUT2D eigenvalue weighted by atomic mass is 10.2. The molecule has 0 aliphatic rings. The normalized spacial score (nSPS) is 10.9. The number of ether oxygens (including phenoxy) is 3. The Morgan fingerprint density at radius 2 is 1.75 bits per heavy atom. The molecule has 0 atom stereocenters. The Labute approximate surface area is 162 Å². The van der Waals surface area contributed by atoms with Gasteiger partial charge in [-0.1, -0.05) is 12.1 Å². The van der Waals surface area contributed by atoms with Gasteiger partial charge in [0.2, 0.25) is 0 Å². The van der Waals surface area contributed by atoms with Gasteiger partial charge < -0.3 is 24.8 Å². The van der Waals surface area contributed by atoms with Crippen molar-refractivity contribution in [3.63, 3.8) is 0 Å². The van der Waals surface area contributed by atoms with Crippen LogP contribution in [0.2, 0.25) is 0 Å². The average Bonchev–Trinajstić information content (AvgIpc) is 2.59. The predicted octanol–water partition coefficient (Wildman–Crippen LogP) is 2.42. The van der Waals surface area contributed by atoms with Crippen LogP contribution in [0.4, 0.5) is 0 Å². The molecule has 0 spiro atoms. The third-order valence-electron chi connectivity index (χ3n) is 3.14. The first-order valence-corrected chi connectivity index (χ1v) is 8.02. The first-order chi connectivity index (χ1) is 11.3. The lowest BCUT2D eigenvalue weighted by Gasteiger charge is -2.12. The second-order valence-corrected chi connectivity index (χ2v) is 4.91. The minimum atomic E-state index is 0. The number of hydrogen-bond donors (Lipinski definition) is 2. The van der Waals surface area contributed by atoms with Gasteiger partial charge in [0.15, 0.2) is 5.96 Å². The molecule has 6 nitrogen and oxygen atoms in total. The van der Waals surface area contributed by atoms with Gasteiger partial charge in [0.1, 0.15) is 5.75 Å². The van der Waals surface area contributed by atoms with Crippen molar-refractivity contribution in [2.75, 3.05) is 47.1 Å². The number of guanidine groups is 1. The molecule has 138 valence electrons. The summed E-state index contributed by atoms with van der Waals surface area (Å²) in [7, 11) is 3.35. The van der Waals surface area contributed by atoms with E-state index in [9.17, 15) is 0 Å². The Bertz CT molecular complexity index is 441. The lowest BCUT2D eigenvalue weighted by molar-refractivity contribution is 0.145. The Hall–Kier alpha value is -1.06. The molecule has 0 fully saturated rings. The summed E-state index contributed by atoms with van der Waals surface area (Å²) in [5.74, 6) is 1.64. The molecule has 1 aromatic carbocycles. The van der Waals surface area contributed by atoms with Crippen molar-refractivity contribution in [3.8, 4) is 5.75 Å². The minimum absolute atomic E-state index is 0. The van der Waals surface area contributed by atoms with E-state index in [0.29, 0.717) is 13.2 Å². The maximum atomic E-state index is 5.33. The first-order valence-electron chi connectivity index (χ1n) is 8.02. The van der Waals surface area contributed by atoms with Crippen molar-refractivity contribution in [2.24, 2.45) is 4.99 Å². The van der Waals surface area contributed by atoms with Crippen molar-refractivity contribution >= 4 is 29.9 Å². The fraction of sp³-hybridized carbons (Fsp3) is 0.588. The third kappa shape index (κ3) is 10.7. The van der Waals surface area contributed by atoms with Crippen LogP contribution in [0.3, 0.4) is 0 Å². The van der Waals surface area contributed by atoms with E-state index in [0.717, 1.165) is 50.0 Å². The number of nitrogens with zero attached hydrogens (tertiary/aromatic N) is 1. The van der Waals surface area contributed by atoms with Gasteiger partial charge in [-0.25, -0.2) is 4.99 Å². The smallest absolute Gasteiger partial charge is 0.191 e. The van der Waals surface area contributed by atoms with Crippen LogP contribution >= 0.6 is 24.0 Å². The predicted molar refractivity (Wildman–Crippen MR) is 109 cm³/mol. The van der Waals surface area contributed by atoms with Gasteiger partial charge >= 0.3 is 0 Å². The van der Waals surface area contributed by atoms with Gasteiger partial charge in [-0.2, -0.15) is 0 Å². The summed E-state index contributed by atoms with van der Waals surface area (Å²) in [4.78, 5) is 4.60. The fourth-order valence-electron chi connectivity index (χ4n) is 1.87. The molecule has 7 heteroatoms. The molecule has 0 saturated heterocycles. The number of benzene rings is 1. The standard InChI is InChI=1S/C17H29N3O3.HI/c1-4-23-12-5-10-18-17(19-11-13-21-2)20-14-15-6-8-16(22-3)9-7-15;/h6-9H,4-5,10-14H2,1-3H3,(H2,18,19,20);1H. The Kier molecular flexibility index (Phi) is 14.8. The Morgan fingerprint density at radius 1 is 1.04 bits per heavy atom. The SMILES string of the molecule is CCOCCCNC(=NCc1ccc(OC)cc1)NCCOC.I. The Balaban J connectivity index is 0.00000529. The summed E-state index contributed by atoms with van der Waals surface area (Å²) in [6.45, 7) is 6.30. The molecule has 0 aliphatic heterocycles. The van der Waals surface area contributed by atoms with Gasteiger partial charge in [0.25, 0.3) is 0 Å². The molecule has 0 aliphatic carbocycles. The van der Waals surface area contributed by atoms with Gasteiger partial charge in [-0.15, -0.1) is 24.0 Å². The molecule has 0 radical (unpaired) electrons. The van der Waals surface area contributed by atoms with Crippen LogP contribution < -0.4 is 15.4 Å². The minimum Gasteiger partial charge on any atom is -0.497 e. The molecular weight excluding hydrogens is 421 g/mol. The molecule has 1 aromatic rings. The van der Waals surface area contributed by atoms with Gasteiger partial charge in [-0.3, -0.25) is 0 Å². The molecule has 0 aromatic heterocycles. The topological polar surface area (TPSA) is 64.1 Å². The van der Waals surface area contributed by atoms with E-state index in [4.69, 9.17) is 14.2 Å². The summed E-state index contributed by atoms with van der Waals surface area (Å²) in [6, 6.07) is 7.92. The second-order valence-electron chi connectivity index (χ2n) is 4.91. The number of methoxy groups -OCH3 is 2. The zero-order valence-corrected chi connectivity index (χ0v) is 17.2. The molecule has 0 bridgehead atoms. The number of rotatable bonds is 11. The van der Waals surface area contributed by atoms with Gasteiger partial charge in [0, 0.05) is 33.4 Å². The zero-order valence-electron chi connectivity index (χ0n) is 14.8. The highest BCUT2D eigenvalue weighted by atomic mass is 127. The highest BCUT2D eigenvalue weighted by molar-refractivity contribution is 14.0. The van der Waals surface area contributed by atoms with Crippen molar-refractivity contribution in [1.82, 2.24) is 10.6 Å². The number of aliphatic imine (C=N–C) groups is 1. The van der Waals surface area contributed by atoms with Crippen LogP contribution in [0, 0.1) is 0 Å². The summed E-state index contributed by atoms with van der Waals surface area (Å²) < 4.78 is 15.6. The van der Waals surface area contributed by atoms with E-state index < -0.39 is 0 Å². The van der Waals surface area contributed by atoms with Crippen molar-refractivity contribution < 1.29 is 14.2 Å². The molecule has 0 amide bonds. The first kappa shape index (κ1) is 22.9. The molecule has 1 rings (SSSR count). The molecule has 2 N–H and O–H groups in total. The van der Waals surface area contributed by atoms with Crippen LogP contribution in [0.1, 0.15) is 18.9 Å². The van der Waals surface area contributed by atoms with Gasteiger partial charge in [0.05, 0.1) is 20.3 Å². The molecular formula is C17H30IN3O3. The van der Waals surface area contributed by atoms with E-state index in [1.165, 1.54) is 0 Å².